The Balaban J connectivity index is 3.99. The van der Waals surface area contributed by atoms with Crippen LogP contribution in [-0.4, -0.2) is 44.3 Å². The van der Waals surface area contributed by atoms with Gasteiger partial charge in [-0.2, -0.15) is 0 Å². The van der Waals surface area contributed by atoms with Crippen LogP contribution in [0.1, 0.15) is 47.0 Å². The lowest BCUT2D eigenvalue weighted by Crippen LogP contribution is -2.19. The Morgan fingerprint density at radius 1 is 0.800 bits per heavy atom. The van der Waals surface area contributed by atoms with Gasteiger partial charge in [-0.25, -0.2) is 23.6 Å². The van der Waals surface area contributed by atoms with Gasteiger partial charge in [0.15, 0.2) is 0 Å². The smallest absolute Gasteiger partial charge is 0.336 e. The van der Waals surface area contributed by atoms with E-state index in [4.69, 9.17) is 20.4 Å². The van der Waals surface area contributed by atoms with Crippen molar-refractivity contribution in [1.29, 1.82) is 0 Å². The molecule has 8 nitrogen and oxygen atoms in total. The predicted octanol–water partition coefficient (Wildman–Crippen LogP) is 0.949. The van der Waals surface area contributed by atoms with Crippen LogP contribution in [0.4, 0.5) is 4.39 Å². The molecule has 1 aromatic carbocycles. The van der Waals surface area contributed by atoms with E-state index in [1.165, 1.54) is 0 Å². The topological polar surface area (TPSA) is 149 Å². The molecule has 1 rings (SSSR count). The molecule has 0 amide bonds. The third-order valence-electron chi connectivity index (χ3n) is 2.45. The number of alkyl halides is 1. The molecule has 106 valence electrons. The zero-order valence-electron chi connectivity index (χ0n) is 9.58. The van der Waals surface area contributed by atoms with E-state index in [0.717, 1.165) is 0 Å². The first-order chi connectivity index (χ1) is 9.22. The van der Waals surface area contributed by atoms with Gasteiger partial charge < -0.3 is 20.4 Å². The Bertz CT molecular complexity index is 584. The summed E-state index contributed by atoms with van der Waals surface area (Å²) in [6.07, 6.45) is 0. The van der Waals surface area contributed by atoms with Crippen LogP contribution in [0.3, 0.4) is 0 Å². The second kappa shape index (κ2) is 5.34. The minimum Gasteiger partial charge on any atom is -0.478 e. The number of aromatic carboxylic acids is 4. The molecule has 0 heterocycles. The maximum absolute atomic E-state index is 12.9. The molecule has 0 aromatic heterocycles. The Hall–Kier alpha value is -2.97. The second-order valence-corrected chi connectivity index (χ2v) is 3.55. The molecular weight excluding hydrogens is 279 g/mol. The third-order valence-corrected chi connectivity index (χ3v) is 2.45. The van der Waals surface area contributed by atoms with Gasteiger partial charge in [0.25, 0.3) is 0 Å². The number of rotatable bonds is 5. The maximum Gasteiger partial charge on any atom is 0.336 e. The summed E-state index contributed by atoms with van der Waals surface area (Å²) >= 11 is 0. The molecule has 0 saturated carbocycles. The zero-order valence-corrected chi connectivity index (χ0v) is 9.58. The normalized spacial score (nSPS) is 10.1. The average molecular weight is 286 g/mol. The molecule has 1 aromatic rings. The number of halogens is 1. The van der Waals surface area contributed by atoms with Crippen molar-refractivity contribution < 1.29 is 44.0 Å². The zero-order chi connectivity index (χ0) is 15.6. The molecule has 0 unspecified atom stereocenters. The summed E-state index contributed by atoms with van der Waals surface area (Å²) in [5.41, 5.74) is -5.15. The van der Waals surface area contributed by atoms with Crippen LogP contribution in [0, 0.1) is 0 Å². The minimum atomic E-state index is -1.87. The first kappa shape index (κ1) is 15.1. The number of carboxylic acids is 4. The van der Waals surface area contributed by atoms with Gasteiger partial charge in [-0.15, -0.1) is 0 Å². The van der Waals surface area contributed by atoms with E-state index in [1.54, 1.807) is 0 Å². The highest BCUT2D eigenvalue weighted by molar-refractivity contribution is 6.10. The lowest BCUT2D eigenvalue weighted by molar-refractivity contribution is 0.0633. The SMILES string of the molecule is O=C(O)c1cc(C(=O)O)c(C(=O)O)c(CF)c1C(=O)O. The van der Waals surface area contributed by atoms with E-state index < -0.39 is 58.4 Å². The summed E-state index contributed by atoms with van der Waals surface area (Å²) in [6.45, 7) is -1.63. The van der Waals surface area contributed by atoms with Gasteiger partial charge in [0.05, 0.1) is 22.3 Å². The number of carboxylic acid groups (broad SMARTS) is 4. The molecule has 0 aliphatic rings. The highest BCUT2D eigenvalue weighted by Gasteiger charge is 2.30. The number of hydrogen-bond acceptors (Lipinski definition) is 4. The lowest BCUT2D eigenvalue weighted by Gasteiger charge is -2.12. The van der Waals surface area contributed by atoms with Gasteiger partial charge in [0, 0.05) is 5.56 Å². The summed E-state index contributed by atoms with van der Waals surface area (Å²) < 4.78 is 12.9. The third kappa shape index (κ3) is 2.41. The van der Waals surface area contributed by atoms with Gasteiger partial charge in [0.2, 0.25) is 0 Å². The first-order valence-electron chi connectivity index (χ1n) is 4.91. The number of carbonyl (C=O) groups is 4. The summed E-state index contributed by atoms with van der Waals surface area (Å²) in [4.78, 5) is 43.8. The molecule has 0 spiro atoms. The van der Waals surface area contributed by atoms with Gasteiger partial charge in [-0.3, -0.25) is 0 Å². The average Bonchev–Trinajstić information content (AvgIpc) is 2.34. The minimum absolute atomic E-state index is 0.386. The van der Waals surface area contributed by atoms with E-state index >= 15 is 0 Å². The summed E-state index contributed by atoms with van der Waals surface area (Å²) in [5, 5.41) is 35.5. The number of hydrogen-bond donors (Lipinski definition) is 4. The quantitative estimate of drug-likeness (QED) is 0.624. The Labute approximate surface area is 109 Å². The van der Waals surface area contributed by atoms with E-state index in [0.29, 0.717) is 6.07 Å². The fraction of sp³-hybridized carbons (Fsp3) is 0.0909. The van der Waals surface area contributed by atoms with Crippen LogP contribution in [-0.2, 0) is 6.67 Å². The molecule has 4 N–H and O–H groups in total. The van der Waals surface area contributed by atoms with Crippen LogP contribution < -0.4 is 0 Å². The predicted molar refractivity (Wildman–Crippen MR) is 59.1 cm³/mol. The molecule has 0 bridgehead atoms. The van der Waals surface area contributed by atoms with Gasteiger partial charge in [0.1, 0.15) is 6.67 Å². The molecule has 9 heteroatoms. The molecule has 0 atom stereocenters. The van der Waals surface area contributed by atoms with Crippen LogP contribution in [0.2, 0.25) is 0 Å². The largest absolute Gasteiger partial charge is 0.478 e. The molecule has 20 heavy (non-hydrogen) atoms. The standard InChI is InChI=1S/C11H7FO8/c12-2-5-6(10(17)18)3(8(13)14)1-4(9(15)16)7(5)11(19)20/h1H,2H2,(H,13,14)(H,15,16)(H,17,18)(H,19,20). The van der Waals surface area contributed by atoms with Crippen LogP contribution >= 0.6 is 0 Å². The monoisotopic (exact) mass is 286 g/mol. The fourth-order valence-electron chi connectivity index (χ4n) is 1.70. The van der Waals surface area contributed by atoms with E-state index in [-0.39, 0.29) is 0 Å². The Morgan fingerprint density at radius 3 is 1.35 bits per heavy atom. The first-order valence-corrected chi connectivity index (χ1v) is 4.91. The van der Waals surface area contributed by atoms with E-state index in [2.05, 4.69) is 0 Å². The number of benzene rings is 1. The van der Waals surface area contributed by atoms with Crippen molar-refractivity contribution in [1.82, 2.24) is 0 Å². The van der Waals surface area contributed by atoms with Crippen molar-refractivity contribution in [3.63, 3.8) is 0 Å². The van der Waals surface area contributed by atoms with Crippen molar-refractivity contribution in [3.8, 4) is 0 Å². The summed E-state index contributed by atoms with van der Waals surface area (Å²) in [7, 11) is 0. The van der Waals surface area contributed by atoms with Gasteiger partial charge in [-0.05, 0) is 6.07 Å². The van der Waals surface area contributed by atoms with Gasteiger partial charge in [-0.1, -0.05) is 0 Å². The molecule has 0 aliphatic carbocycles. The maximum atomic E-state index is 12.9. The van der Waals surface area contributed by atoms with Crippen molar-refractivity contribution >= 4 is 23.9 Å². The highest BCUT2D eigenvalue weighted by atomic mass is 19.1. The van der Waals surface area contributed by atoms with Crippen LogP contribution in [0.15, 0.2) is 6.07 Å². The fourth-order valence-corrected chi connectivity index (χ4v) is 1.70. The van der Waals surface area contributed by atoms with E-state index in [1.807, 2.05) is 0 Å². The molecule has 0 radical (unpaired) electrons. The summed E-state index contributed by atoms with van der Waals surface area (Å²) in [5.74, 6) is -7.35. The second-order valence-electron chi connectivity index (χ2n) is 3.55. The van der Waals surface area contributed by atoms with Crippen molar-refractivity contribution in [2.45, 2.75) is 6.67 Å². The van der Waals surface area contributed by atoms with Gasteiger partial charge >= 0.3 is 23.9 Å². The summed E-state index contributed by atoms with van der Waals surface area (Å²) in [6, 6.07) is 0.386. The van der Waals surface area contributed by atoms with Crippen molar-refractivity contribution in [2.75, 3.05) is 0 Å². The molecule has 0 aliphatic heterocycles. The van der Waals surface area contributed by atoms with Crippen LogP contribution in [0.25, 0.3) is 0 Å². The molecule has 0 fully saturated rings. The lowest BCUT2D eigenvalue weighted by atomic mass is 9.91. The van der Waals surface area contributed by atoms with Crippen molar-refractivity contribution in [3.05, 3.63) is 33.9 Å². The molecular formula is C11H7FO8. The Kier molecular flexibility index (Phi) is 4.03. The highest BCUT2D eigenvalue weighted by Crippen LogP contribution is 2.25. The Morgan fingerprint density at radius 2 is 1.15 bits per heavy atom. The molecule has 0 saturated heterocycles. The van der Waals surface area contributed by atoms with Crippen LogP contribution in [0.5, 0.6) is 0 Å². The van der Waals surface area contributed by atoms with E-state index in [9.17, 15) is 23.6 Å². The van der Waals surface area contributed by atoms with Crippen molar-refractivity contribution in [2.24, 2.45) is 0 Å².